The summed E-state index contributed by atoms with van der Waals surface area (Å²) in [6.45, 7) is 3.55. The fourth-order valence-electron chi connectivity index (χ4n) is 1.79. The van der Waals surface area contributed by atoms with E-state index < -0.39 is 0 Å². The van der Waals surface area contributed by atoms with Crippen LogP contribution in [0.5, 0.6) is 5.75 Å². The molecule has 0 aliphatic carbocycles. The maximum absolute atomic E-state index is 12.0. The first kappa shape index (κ1) is 13.1. The van der Waals surface area contributed by atoms with Crippen LogP contribution in [0, 0.1) is 13.8 Å². The second-order valence-corrected chi connectivity index (χ2v) is 5.05. The lowest BCUT2D eigenvalue weighted by molar-refractivity contribution is 0.472. The molecule has 2 rings (SSSR count). The van der Waals surface area contributed by atoms with Gasteiger partial charge in [0.2, 0.25) is 0 Å². The number of halogens is 2. The largest absolute Gasteiger partial charge is 0.508 e. The Labute approximate surface area is 117 Å². The summed E-state index contributed by atoms with van der Waals surface area (Å²) in [5.41, 5.74) is 1.61. The van der Waals surface area contributed by atoms with Gasteiger partial charge < -0.3 is 5.11 Å². The zero-order valence-electron chi connectivity index (χ0n) is 9.74. The van der Waals surface area contributed by atoms with Gasteiger partial charge in [-0.1, -0.05) is 11.6 Å². The van der Waals surface area contributed by atoms with E-state index in [9.17, 15) is 9.90 Å². The molecule has 0 unspecified atom stereocenters. The topological polar surface area (TPSA) is 55.1 Å². The van der Waals surface area contributed by atoms with E-state index in [1.165, 1.54) is 10.6 Å². The van der Waals surface area contributed by atoms with Crippen LogP contribution in [-0.2, 0) is 0 Å². The monoisotopic (exact) mass is 328 g/mol. The van der Waals surface area contributed by atoms with Crippen LogP contribution in [0.15, 0.2) is 27.7 Å². The van der Waals surface area contributed by atoms with Gasteiger partial charge >= 0.3 is 0 Å². The minimum absolute atomic E-state index is 0.0596. The zero-order chi connectivity index (χ0) is 13.4. The Balaban J connectivity index is 2.86. The maximum Gasteiger partial charge on any atom is 0.259 e. The molecule has 0 spiro atoms. The van der Waals surface area contributed by atoms with Gasteiger partial charge in [-0.05, 0) is 41.4 Å². The molecular weight excluding hydrogens is 320 g/mol. The summed E-state index contributed by atoms with van der Waals surface area (Å²) in [5.74, 6) is -0.0596. The molecule has 94 valence electrons. The molecule has 0 saturated heterocycles. The second kappa shape index (κ2) is 4.74. The molecule has 0 aliphatic heterocycles. The Bertz CT molecular complexity index is 683. The molecule has 0 bridgehead atoms. The van der Waals surface area contributed by atoms with Crippen LogP contribution in [0.4, 0.5) is 0 Å². The van der Waals surface area contributed by atoms with Crippen LogP contribution in [0.25, 0.3) is 5.69 Å². The third kappa shape index (κ3) is 2.15. The highest BCUT2D eigenvalue weighted by Crippen LogP contribution is 2.30. The number of hydrogen-bond acceptors (Lipinski definition) is 3. The summed E-state index contributed by atoms with van der Waals surface area (Å²) >= 11 is 9.42. The summed E-state index contributed by atoms with van der Waals surface area (Å²) in [4.78, 5) is 16.0. The van der Waals surface area contributed by atoms with Crippen molar-refractivity contribution in [2.75, 3.05) is 0 Å². The summed E-state index contributed by atoms with van der Waals surface area (Å²) in [6, 6.07) is 2.66. The van der Waals surface area contributed by atoms with Gasteiger partial charge in [-0.25, -0.2) is 4.98 Å². The van der Waals surface area contributed by atoms with Crippen LogP contribution >= 0.6 is 27.5 Å². The van der Waals surface area contributed by atoms with E-state index in [0.717, 1.165) is 11.6 Å². The Hall–Kier alpha value is -1.33. The Morgan fingerprint density at radius 3 is 2.67 bits per heavy atom. The van der Waals surface area contributed by atoms with Crippen LogP contribution in [-0.4, -0.2) is 14.7 Å². The smallest absolute Gasteiger partial charge is 0.259 e. The normalized spacial score (nSPS) is 10.7. The second-order valence-electron chi connectivity index (χ2n) is 3.92. The number of hydrogen-bond donors (Lipinski definition) is 1. The summed E-state index contributed by atoms with van der Waals surface area (Å²) in [7, 11) is 0. The number of pyridine rings is 2. The quantitative estimate of drug-likeness (QED) is 0.818. The molecule has 0 saturated carbocycles. The molecule has 0 amide bonds. The molecule has 2 aromatic heterocycles. The van der Waals surface area contributed by atoms with Gasteiger partial charge in [0.05, 0.1) is 10.7 Å². The van der Waals surface area contributed by atoms with E-state index in [2.05, 4.69) is 20.9 Å². The fourth-order valence-corrected chi connectivity index (χ4v) is 2.36. The lowest BCUT2D eigenvalue weighted by Gasteiger charge is -2.14. The minimum Gasteiger partial charge on any atom is -0.508 e. The van der Waals surface area contributed by atoms with Crippen molar-refractivity contribution in [3.05, 3.63) is 49.6 Å². The van der Waals surface area contributed by atoms with Crippen LogP contribution < -0.4 is 5.56 Å². The van der Waals surface area contributed by atoms with Crippen LogP contribution in [0.1, 0.15) is 11.3 Å². The van der Waals surface area contributed by atoms with E-state index in [1.807, 2.05) is 6.92 Å². The Morgan fingerprint density at radius 2 is 2.06 bits per heavy atom. The molecule has 2 heterocycles. The van der Waals surface area contributed by atoms with E-state index in [0.29, 0.717) is 21.0 Å². The van der Waals surface area contributed by atoms with Crippen LogP contribution in [0.3, 0.4) is 0 Å². The maximum atomic E-state index is 12.0. The van der Waals surface area contributed by atoms with Crippen LogP contribution in [0.2, 0.25) is 5.02 Å². The van der Waals surface area contributed by atoms with Crippen molar-refractivity contribution in [2.45, 2.75) is 13.8 Å². The van der Waals surface area contributed by atoms with E-state index in [-0.39, 0.29) is 11.3 Å². The molecule has 2 aromatic rings. The van der Waals surface area contributed by atoms with Crippen molar-refractivity contribution in [1.82, 2.24) is 9.55 Å². The van der Waals surface area contributed by atoms with Gasteiger partial charge in [-0.3, -0.25) is 9.36 Å². The molecule has 0 radical (unpaired) electrons. The lowest BCUT2D eigenvalue weighted by Crippen LogP contribution is -2.20. The van der Waals surface area contributed by atoms with Gasteiger partial charge in [-0.15, -0.1) is 0 Å². The van der Waals surface area contributed by atoms with Gasteiger partial charge in [0.25, 0.3) is 5.56 Å². The van der Waals surface area contributed by atoms with Crippen molar-refractivity contribution in [2.24, 2.45) is 0 Å². The molecule has 4 nitrogen and oxygen atoms in total. The van der Waals surface area contributed by atoms with E-state index in [1.54, 1.807) is 13.1 Å². The predicted octanol–water partition coefficient (Wildman–Crippen LogP) is 2.97. The van der Waals surface area contributed by atoms with Crippen molar-refractivity contribution in [3.63, 3.8) is 0 Å². The molecule has 0 atom stereocenters. The minimum atomic E-state index is -0.337. The van der Waals surface area contributed by atoms with Crippen molar-refractivity contribution in [3.8, 4) is 11.4 Å². The van der Waals surface area contributed by atoms with Crippen molar-refractivity contribution < 1.29 is 5.11 Å². The average Bonchev–Trinajstić information content (AvgIpc) is 2.27. The predicted molar refractivity (Wildman–Crippen MR) is 73.7 cm³/mol. The zero-order valence-corrected chi connectivity index (χ0v) is 12.1. The molecule has 6 heteroatoms. The first-order chi connectivity index (χ1) is 8.41. The molecule has 0 aromatic carbocycles. The van der Waals surface area contributed by atoms with Gasteiger partial charge in [-0.2, -0.15) is 0 Å². The first-order valence-corrected chi connectivity index (χ1v) is 6.32. The summed E-state index contributed by atoms with van der Waals surface area (Å²) in [6.07, 6.45) is 1.63. The van der Waals surface area contributed by atoms with Crippen molar-refractivity contribution >= 4 is 27.5 Å². The number of aryl methyl sites for hydroxylation is 2. The van der Waals surface area contributed by atoms with E-state index >= 15 is 0 Å². The highest BCUT2D eigenvalue weighted by Gasteiger charge is 2.14. The number of aromatic hydroxyl groups is 1. The molecular formula is C12H10BrClN2O2. The molecule has 18 heavy (non-hydrogen) atoms. The van der Waals surface area contributed by atoms with Crippen molar-refractivity contribution in [1.29, 1.82) is 0 Å². The van der Waals surface area contributed by atoms with E-state index in [4.69, 9.17) is 11.6 Å². The first-order valence-electron chi connectivity index (χ1n) is 5.15. The fraction of sp³-hybridized carbons (Fsp3) is 0.167. The molecule has 1 N–H and O–H groups in total. The summed E-state index contributed by atoms with van der Waals surface area (Å²) < 4.78 is 1.92. The number of aromatic nitrogens is 2. The lowest BCUT2D eigenvalue weighted by atomic mass is 10.2. The van der Waals surface area contributed by atoms with Gasteiger partial charge in [0.15, 0.2) is 0 Å². The molecule has 0 aliphatic rings. The molecule has 0 fully saturated rings. The van der Waals surface area contributed by atoms with Gasteiger partial charge in [0, 0.05) is 18.0 Å². The Morgan fingerprint density at radius 1 is 1.39 bits per heavy atom. The van der Waals surface area contributed by atoms with Gasteiger partial charge in [0.1, 0.15) is 10.4 Å². The highest BCUT2D eigenvalue weighted by atomic mass is 79.9. The number of rotatable bonds is 1. The highest BCUT2D eigenvalue weighted by molar-refractivity contribution is 9.10. The third-order valence-corrected chi connectivity index (χ3v) is 3.75. The average molecular weight is 330 g/mol. The summed E-state index contributed by atoms with van der Waals surface area (Å²) in [5, 5.41) is 9.76. The third-order valence-electron chi connectivity index (χ3n) is 2.56. The number of nitrogens with zero attached hydrogens (tertiary/aromatic N) is 2. The standard InChI is InChI=1S/C12H10BrClN2O2/c1-6-5-15-12(13)10(14)11(6)16-7(2)3-8(17)4-9(16)18/h3-5,17H,1-2H3. The SMILES string of the molecule is Cc1cnc(Br)c(Cl)c1-n1c(C)cc(O)cc1=O. The Kier molecular flexibility index (Phi) is 3.45.